The molecule has 0 radical (unpaired) electrons. The van der Waals surface area contributed by atoms with Crippen LogP contribution in [0.15, 0.2) is 66.7 Å². The van der Waals surface area contributed by atoms with Gasteiger partial charge in [0.15, 0.2) is 0 Å². The second-order valence-corrected chi connectivity index (χ2v) is 14.4. The average molecular weight is 837 g/mol. The van der Waals surface area contributed by atoms with Crippen molar-refractivity contribution < 1.29 is 38.9 Å². The lowest BCUT2D eigenvalue weighted by Gasteiger charge is -2.21. The lowest BCUT2D eigenvalue weighted by molar-refractivity contribution is -0.130. The Balaban J connectivity index is 1.71. The molecule has 0 unspecified atom stereocenters. The molecule has 8 bridgehead atoms. The number of carbonyl (C=O) groups excluding carboxylic acids is 2. The molecule has 0 aliphatic carbocycles. The third-order valence-corrected chi connectivity index (χ3v) is 11.0. The first-order chi connectivity index (χ1) is 30.0. The van der Waals surface area contributed by atoms with Crippen molar-refractivity contribution in [1.29, 1.82) is 0 Å². The number of carbonyl (C=O) groups is 4. The summed E-state index contributed by atoms with van der Waals surface area (Å²) in [4.78, 5) is 75.3. The van der Waals surface area contributed by atoms with Gasteiger partial charge in [-0.05, 0) is 113 Å². The molecule has 14 heteroatoms. The molecule has 0 spiro atoms. The van der Waals surface area contributed by atoms with Crippen molar-refractivity contribution in [3.8, 4) is 22.3 Å². The van der Waals surface area contributed by atoms with Crippen LogP contribution in [0.5, 0.6) is 0 Å². The quantitative estimate of drug-likeness (QED) is 0.0762. The molecule has 2 aromatic carbocycles. The van der Waals surface area contributed by atoms with Gasteiger partial charge in [0.05, 0.1) is 63.7 Å². The van der Waals surface area contributed by atoms with Crippen LogP contribution in [0.2, 0.25) is 0 Å². The van der Waals surface area contributed by atoms with E-state index in [9.17, 15) is 29.4 Å². The third kappa shape index (κ3) is 7.94. The fraction of sp³-hybridized carbons (Fsp3) is 0.250. The zero-order chi connectivity index (χ0) is 44.2. The summed E-state index contributed by atoms with van der Waals surface area (Å²) < 4.78 is 11.1. The largest absolute Gasteiger partial charge is 0.478 e. The fourth-order valence-electron chi connectivity index (χ4n) is 7.99. The van der Waals surface area contributed by atoms with Gasteiger partial charge in [0.2, 0.25) is 0 Å². The van der Waals surface area contributed by atoms with Gasteiger partial charge in [-0.3, -0.25) is 0 Å². The highest BCUT2D eigenvalue weighted by molar-refractivity contribution is 6.25. The van der Waals surface area contributed by atoms with Gasteiger partial charge in [0.25, 0.3) is 0 Å². The fourth-order valence-corrected chi connectivity index (χ4v) is 7.99. The number of H-pyrrole nitrogens is 2. The van der Waals surface area contributed by atoms with Crippen LogP contribution in [-0.4, -0.2) is 93.4 Å². The number of hydrogen-bond donors (Lipinski definition) is 4. The maximum atomic E-state index is 14.0. The maximum Gasteiger partial charge on any atom is 0.342 e. The summed E-state index contributed by atoms with van der Waals surface area (Å²) in [6.45, 7) is 14.7. The molecule has 7 rings (SSSR count). The topological polar surface area (TPSA) is 191 Å². The summed E-state index contributed by atoms with van der Waals surface area (Å²) in [6, 6.07) is 20.0. The molecule has 2 aliphatic rings. The second-order valence-electron chi connectivity index (χ2n) is 14.4. The number of aliphatic carboxylic acids is 1. The van der Waals surface area contributed by atoms with Crippen molar-refractivity contribution in [2.24, 2.45) is 0 Å². The Morgan fingerprint density at radius 2 is 1.10 bits per heavy atom. The van der Waals surface area contributed by atoms with E-state index in [1.165, 1.54) is 12.1 Å². The molecule has 14 nitrogen and oxygen atoms in total. The van der Waals surface area contributed by atoms with Crippen molar-refractivity contribution in [2.75, 3.05) is 49.2 Å². The SMILES string of the molecule is CCOC(=O)c1c2nc(c(-c3ccc(N(CC)CC)cc3)c3[nH]c(cc3C(=O)O)c(C(=O)OCC)c3nc(c(-c4ccc(N(CC)CC)cc4)c4ccc1[nH]4)C=C3)C(C(=O)O)=C2. The first kappa shape index (κ1) is 42.6. The van der Waals surface area contributed by atoms with Gasteiger partial charge < -0.3 is 39.5 Å². The molecule has 318 valence electrons. The number of hydrogen-bond acceptors (Lipinski definition) is 10. The highest BCUT2D eigenvalue weighted by Gasteiger charge is 2.30. The van der Waals surface area contributed by atoms with E-state index in [1.807, 2.05) is 50.2 Å². The highest BCUT2D eigenvalue weighted by atomic mass is 16.5. The number of esters is 2. The van der Waals surface area contributed by atoms with E-state index in [4.69, 9.17) is 19.4 Å². The van der Waals surface area contributed by atoms with Crippen molar-refractivity contribution in [3.63, 3.8) is 0 Å². The van der Waals surface area contributed by atoms with E-state index < -0.39 is 23.9 Å². The number of rotatable bonds is 14. The number of carboxylic acids is 2. The number of aromatic nitrogens is 4. The van der Waals surface area contributed by atoms with Crippen molar-refractivity contribution in [2.45, 2.75) is 41.5 Å². The average Bonchev–Trinajstić information content (AvgIpc) is 4.09. The smallest absolute Gasteiger partial charge is 0.342 e. The number of ether oxygens (including phenoxy) is 2. The number of aromatic carboxylic acids is 1. The molecule has 0 atom stereocenters. The molecular weight excluding hydrogens is 789 g/mol. The molecule has 62 heavy (non-hydrogen) atoms. The monoisotopic (exact) mass is 836 g/mol. The van der Waals surface area contributed by atoms with Crippen molar-refractivity contribution >= 4 is 81.1 Å². The number of fused-ring (bicyclic) bond motifs is 8. The second kappa shape index (κ2) is 18.0. The van der Waals surface area contributed by atoms with Crippen LogP contribution in [-0.2, 0) is 14.3 Å². The molecule has 4 N–H and O–H groups in total. The Kier molecular flexibility index (Phi) is 12.4. The Morgan fingerprint density at radius 1 is 0.581 bits per heavy atom. The molecule has 2 aliphatic heterocycles. The first-order valence-corrected chi connectivity index (χ1v) is 20.7. The van der Waals surface area contributed by atoms with Crippen LogP contribution >= 0.6 is 0 Å². The van der Waals surface area contributed by atoms with E-state index in [2.05, 4.69) is 33.6 Å². The number of anilines is 2. The predicted octanol–water partition coefficient (Wildman–Crippen LogP) is 9.19. The minimum absolute atomic E-state index is 0.0186. The Morgan fingerprint density at radius 3 is 1.61 bits per heavy atom. The molecule has 5 heterocycles. The van der Waals surface area contributed by atoms with Crippen LogP contribution < -0.4 is 9.80 Å². The van der Waals surface area contributed by atoms with E-state index in [1.54, 1.807) is 50.3 Å². The van der Waals surface area contributed by atoms with Crippen LogP contribution in [0.1, 0.15) is 95.4 Å². The first-order valence-electron chi connectivity index (χ1n) is 20.7. The lowest BCUT2D eigenvalue weighted by Crippen LogP contribution is -2.21. The zero-order valence-electron chi connectivity index (χ0n) is 35.5. The number of benzene rings is 2. The highest BCUT2D eigenvalue weighted by Crippen LogP contribution is 2.39. The van der Waals surface area contributed by atoms with Crippen LogP contribution in [0.25, 0.3) is 68.1 Å². The Hall–Kier alpha value is -7.48. The van der Waals surface area contributed by atoms with Crippen molar-refractivity contribution in [1.82, 2.24) is 19.9 Å². The van der Waals surface area contributed by atoms with Gasteiger partial charge in [-0.25, -0.2) is 29.1 Å². The summed E-state index contributed by atoms with van der Waals surface area (Å²) in [5.41, 5.74) is 4.57. The summed E-state index contributed by atoms with van der Waals surface area (Å²) in [5, 5.41) is 21.6. The normalized spacial score (nSPS) is 11.9. The number of nitrogens with one attached hydrogen (secondary N) is 2. The zero-order valence-corrected chi connectivity index (χ0v) is 35.5. The minimum Gasteiger partial charge on any atom is -0.478 e. The summed E-state index contributed by atoms with van der Waals surface area (Å²) in [5.74, 6) is -4.24. The Bertz CT molecular complexity index is 2810. The predicted molar refractivity (Wildman–Crippen MR) is 242 cm³/mol. The van der Waals surface area contributed by atoms with E-state index in [0.29, 0.717) is 22.3 Å². The van der Waals surface area contributed by atoms with Gasteiger partial charge in [-0.1, -0.05) is 24.3 Å². The maximum absolute atomic E-state index is 14.0. The summed E-state index contributed by atoms with van der Waals surface area (Å²) in [6.07, 6.45) is 4.71. The number of aromatic amines is 2. The summed E-state index contributed by atoms with van der Waals surface area (Å²) in [7, 11) is 0. The summed E-state index contributed by atoms with van der Waals surface area (Å²) >= 11 is 0. The third-order valence-electron chi connectivity index (χ3n) is 11.0. The van der Waals surface area contributed by atoms with Gasteiger partial charge in [0, 0.05) is 54.2 Å². The molecule has 5 aromatic rings. The molecule has 0 fully saturated rings. The van der Waals surface area contributed by atoms with Crippen LogP contribution in [0.4, 0.5) is 11.4 Å². The molecule has 0 saturated carbocycles. The van der Waals surface area contributed by atoms with Gasteiger partial charge in [-0.2, -0.15) is 0 Å². The molecular formula is C48H48N6O8. The molecule has 0 saturated heterocycles. The van der Waals surface area contributed by atoms with E-state index in [0.717, 1.165) is 43.1 Å². The number of nitrogens with zero attached hydrogens (tertiary/aromatic N) is 4. The van der Waals surface area contributed by atoms with Crippen LogP contribution in [0, 0.1) is 0 Å². The van der Waals surface area contributed by atoms with E-state index >= 15 is 0 Å². The molecule has 3 aromatic heterocycles. The van der Waals surface area contributed by atoms with E-state index in [-0.39, 0.29) is 74.7 Å². The van der Waals surface area contributed by atoms with Gasteiger partial charge >= 0.3 is 23.9 Å². The van der Waals surface area contributed by atoms with Crippen LogP contribution in [0.3, 0.4) is 0 Å². The standard InChI is InChI=1S/C48H48N6O8/c1-7-53(8-2)29-17-13-27(14-18-29)39-33-21-23-35(49-33)41(47(59)61-11-5)37-25-31(45(55)56)43(51-37)40(28-15-19-30(20-16-28)54(9-3)10-4)44-32(46(57)58)26-38(52-44)42(48(60)62-12-6)36-24-22-34(39)50-36/h13-26,49,52H,7-12H2,1-6H3,(H,55,56)(H,57,58). The minimum atomic E-state index is -1.37. The van der Waals surface area contributed by atoms with Gasteiger partial charge in [0.1, 0.15) is 11.1 Å². The Labute approximate surface area is 358 Å². The van der Waals surface area contributed by atoms with Crippen molar-refractivity contribution in [3.05, 3.63) is 106 Å². The lowest BCUT2D eigenvalue weighted by atomic mass is 9.98. The molecule has 0 amide bonds. The number of carboxylic acid groups (broad SMARTS) is 2. The van der Waals surface area contributed by atoms with Gasteiger partial charge in [-0.15, -0.1) is 0 Å².